The molecule has 4 heteroatoms. The first kappa shape index (κ1) is 12.2. The molecule has 0 atom stereocenters. The predicted octanol–water partition coefficient (Wildman–Crippen LogP) is 2.38. The summed E-state index contributed by atoms with van der Waals surface area (Å²) in [5.74, 6) is 6.16. The lowest BCUT2D eigenvalue weighted by molar-refractivity contribution is 0.820. The van der Waals surface area contributed by atoms with Gasteiger partial charge in [-0.15, -0.1) is 0 Å². The second kappa shape index (κ2) is 5.28. The molecule has 0 heterocycles. The van der Waals surface area contributed by atoms with Crippen molar-refractivity contribution in [3.63, 3.8) is 0 Å². The Morgan fingerprint density at radius 2 is 2.13 bits per heavy atom. The van der Waals surface area contributed by atoms with E-state index in [2.05, 4.69) is 26.3 Å². The van der Waals surface area contributed by atoms with Crippen LogP contribution < -0.4 is 11.3 Å². The van der Waals surface area contributed by atoms with E-state index in [1.54, 1.807) is 0 Å². The fourth-order valence-corrected chi connectivity index (χ4v) is 1.94. The number of aryl methyl sites for hydroxylation is 1. The third kappa shape index (κ3) is 3.32. The molecule has 0 aromatic heterocycles. The van der Waals surface area contributed by atoms with E-state index in [1.807, 2.05) is 39.0 Å². The van der Waals surface area contributed by atoms with E-state index in [4.69, 9.17) is 5.84 Å². The highest BCUT2D eigenvalue weighted by atomic mass is 79.9. The van der Waals surface area contributed by atoms with Gasteiger partial charge in [0.1, 0.15) is 5.84 Å². The van der Waals surface area contributed by atoms with Crippen molar-refractivity contribution in [1.82, 2.24) is 5.43 Å². The molecule has 1 rings (SSSR count). The summed E-state index contributed by atoms with van der Waals surface area (Å²) in [6.45, 7) is 6.07. The van der Waals surface area contributed by atoms with Crippen LogP contribution in [-0.2, 0) is 0 Å². The first-order valence-corrected chi connectivity index (χ1v) is 5.65. The summed E-state index contributed by atoms with van der Waals surface area (Å²) < 4.78 is 1.000. The second-order valence-corrected chi connectivity index (χ2v) is 4.55. The van der Waals surface area contributed by atoms with Gasteiger partial charge < -0.3 is 5.43 Å². The van der Waals surface area contributed by atoms with Crippen molar-refractivity contribution in [3.05, 3.63) is 33.8 Å². The smallest absolute Gasteiger partial charge is 0.143 e. The number of nitrogens with zero attached hydrogens (tertiary/aromatic N) is 1. The number of hydrazine groups is 1. The van der Waals surface area contributed by atoms with Crippen LogP contribution in [0.15, 0.2) is 27.7 Å². The molecule has 3 nitrogen and oxygen atoms in total. The summed E-state index contributed by atoms with van der Waals surface area (Å²) in [4.78, 5) is 4.41. The Kier molecular flexibility index (Phi) is 4.29. The van der Waals surface area contributed by atoms with Crippen molar-refractivity contribution < 1.29 is 0 Å². The molecule has 3 N–H and O–H groups in total. The highest BCUT2D eigenvalue weighted by Gasteiger charge is 2.07. The Labute approximate surface area is 98.9 Å². The molecule has 0 aliphatic heterocycles. The van der Waals surface area contributed by atoms with Gasteiger partial charge in [-0.25, -0.2) is 5.84 Å². The first-order valence-electron chi connectivity index (χ1n) is 4.85. The molecule has 15 heavy (non-hydrogen) atoms. The molecule has 82 valence electrons. The molecule has 0 fully saturated rings. The molecule has 0 saturated heterocycles. The van der Waals surface area contributed by atoms with E-state index in [0.717, 1.165) is 10.0 Å². The summed E-state index contributed by atoms with van der Waals surface area (Å²) in [5.41, 5.74) is 4.81. The number of nitrogens with two attached hydrogens (primary N) is 1. The Balaban J connectivity index is 3.13. The molecule has 0 aliphatic carbocycles. The van der Waals surface area contributed by atoms with Gasteiger partial charge in [-0.2, -0.15) is 0 Å². The second-order valence-electron chi connectivity index (χ2n) is 3.70. The van der Waals surface area contributed by atoms with Crippen molar-refractivity contribution in [1.29, 1.82) is 0 Å². The Morgan fingerprint density at radius 1 is 1.47 bits per heavy atom. The SMILES string of the molecule is Cc1ccc(C(=NC(C)C)NN)c(Br)c1. The van der Waals surface area contributed by atoms with Crippen LogP contribution in [0.25, 0.3) is 0 Å². The number of hydrogen-bond donors (Lipinski definition) is 2. The minimum absolute atomic E-state index is 0.212. The Morgan fingerprint density at radius 3 is 2.60 bits per heavy atom. The normalized spacial score (nSPS) is 12.0. The van der Waals surface area contributed by atoms with Crippen molar-refractivity contribution in [2.45, 2.75) is 26.8 Å². The Bertz CT molecular complexity index is 372. The fraction of sp³-hybridized carbons (Fsp3) is 0.364. The quantitative estimate of drug-likeness (QED) is 0.375. The van der Waals surface area contributed by atoms with Crippen LogP contribution in [0.2, 0.25) is 0 Å². The highest BCUT2D eigenvalue weighted by molar-refractivity contribution is 9.10. The summed E-state index contributed by atoms with van der Waals surface area (Å²) in [7, 11) is 0. The molecule has 1 aromatic carbocycles. The maximum atomic E-state index is 5.46. The van der Waals surface area contributed by atoms with Crippen molar-refractivity contribution in [2.75, 3.05) is 0 Å². The number of amidine groups is 1. The van der Waals surface area contributed by atoms with E-state index in [9.17, 15) is 0 Å². The minimum Gasteiger partial charge on any atom is -0.308 e. The number of aliphatic imine (C=N–C) groups is 1. The standard InChI is InChI=1S/C11H16BrN3/c1-7(2)14-11(15-13)9-5-4-8(3)6-10(9)12/h4-7H,13H2,1-3H3,(H,14,15). The van der Waals surface area contributed by atoms with Crippen LogP contribution in [0.4, 0.5) is 0 Å². The molecule has 0 radical (unpaired) electrons. The zero-order chi connectivity index (χ0) is 11.4. The molecule has 0 aliphatic rings. The number of rotatable bonds is 2. The number of hydrogen-bond acceptors (Lipinski definition) is 2. The van der Waals surface area contributed by atoms with E-state index in [-0.39, 0.29) is 6.04 Å². The van der Waals surface area contributed by atoms with Gasteiger partial charge in [0.25, 0.3) is 0 Å². The topological polar surface area (TPSA) is 50.4 Å². The lowest BCUT2D eigenvalue weighted by Gasteiger charge is -2.10. The lowest BCUT2D eigenvalue weighted by Crippen LogP contribution is -2.32. The molecule has 1 aromatic rings. The summed E-state index contributed by atoms with van der Waals surface area (Å²) in [6.07, 6.45) is 0. The average Bonchev–Trinajstić information content (AvgIpc) is 2.14. The first-order chi connectivity index (χ1) is 7.04. The molecule has 0 bridgehead atoms. The molecule has 0 unspecified atom stereocenters. The Hall–Kier alpha value is -0.870. The zero-order valence-electron chi connectivity index (χ0n) is 9.21. The van der Waals surface area contributed by atoms with Gasteiger partial charge in [-0.3, -0.25) is 4.99 Å². The van der Waals surface area contributed by atoms with Crippen LogP contribution in [-0.4, -0.2) is 11.9 Å². The third-order valence-electron chi connectivity index (χ3n) is 1.90. The summed E-state index contributed by atoms with van der Waals surface area (Å²) in [6, 6.07) is 6.29. The van der Waals surface area contributed by atoms with E-state index >= 15 is 0 Å². The van der Waals surface area contributed by atoms with Crippen LogP contribution in [0, 0.1) is 6.92 Å². The van der Waals surface area contributed by atoms with Crippen LogP contribution >= 0.6 is 15.9 Å². The molecular formula is C11H16BrN3. The van der Waals surface area contributed by atoms with Gasteiger partial charge in [-0.05, 0) is 38.5 Å². The molecule has 0 saturated carbocycles. The number of halogens is 1. The minimum atomic E-state index is 0.212. The van der Waals surface area contributed by atoms with Gasteiger partial charge in [0, 0.05) is 16.1 Å². The van der Waals surface area contributed by atoms with Gasteiger partial charge in [-0.1, -0.05) is 22.0 Å². The van der Waals surface area contributed by atoms with Crippen molar-refractivity contribution in [3.8, 4) is 0 Å². The lowest BCUT2D eigenvalue weighted by atomic mass is 10.1. The van der Waals surface area contributed by atoms with Gasteiger partial charge in [0.05, 0.1) is 0 Å². The van der Waals surface area contributed by atoms with Crippen LogP contribution in [0.3, 0.4) is 0 Å². The number of nitrogens with one attached hydrogen (secondary N) is 1. The van der Waals surface area contributed by atoms with E-state index in [1.165, 1.54) is 5.56 Å². The fourth-order valence-electron chi connectivity index (χ4n) is 1.25. The van der Waals surface area contributed by atoms with Crippen molar-refractivity contribution in [2.24, 2.45) is 10.8 Å². The highest BCUT2D eigenvalue weighted by Crippen LogP contribution is 2.18. The van der Waals surface area contributed by atoms with Crippen molar-refractivity contribution >= 4 is 21.8 Å². The van der Waals surface area contributed by atoms with Crippen LogP contribution in [0.5, 0.6) is 0 Å². The third-order valence-corrected chi connectivity index (χ3v) is 2.56. The van der Waals surface area contributed by atoms with Crippen LogP contribution in [0.1, 0.15) is 25.0 Å². The maximum absolute atomic E-state index is 5.46. The molecule has 0 amide bonds. The monoisotopic (exact) mass is 269 g/mol. The van der Waals surface area contributed by atoms with Gasteiger partial charge in [0.15, 0.2) is 0 Å². The summed E-state index contributed by atoms with van der Waals surface area (Å²) in [5, 5.41) is 0. The van der Waals surface area contributed by atoms with E-state index in [0.29, 0.717) is 5.84 Å². The largest absolute Gasteiger partial charge is 0.308 e. The molecular weight excluding hydrogens is 254 g/mol. The average molecular weight is 270 g/mol. The number of benzene rings is 1. The van der Waals surface area contributed by atoms with E-state index < -0.39 is 0 Å². The van der Waals surface area contributed by atoms with Gasteiger partial charge in [0.2, 0.25) is 0 Å². The van der Waals surface area contributed by atoms with Gasteiger partial charge >= 0.3 is 0 Å². The molecule has 0 spiro atoms. The summed E-state index contributed by atoms with van der Waals surface area (Å²) >= 11 is 3.50. The maximum Gasteiger partial charge on any atom is 0.143 e. The predicted molar refractivity (Wildman–Crippen MR) is 67.9 cm³/mol. The zero-order valence-corrected chi connectivity index (χ0v) is 10.8.